The molecule has 2 N–H and O–H groups in total. The Bertz CT molecular complexity index is 445. The molecule has 0 saturated heterocycles. The first kappa shape index (κ1) is 12.9. The molecule has 17 heavy (non-hydrogen) atoms. The Balaban J connectivity index is 2.97. The maximum Gasteiger partial charge on any atom is 0.296 e. The number of phenolic OH excluding ortho intramolecular Hbond substituents is 1. The van der Waals surface area contributed by atoms with Crippen LogP contribution in [0.3, 0.4) is 0 Å². The molecule has 7 heteroatoms. The van der Waals surface area contributed by atoms with E-state index in [2.05, 4.69) is 5.32 Å². The number of likely N-dealkylation sites (N-methyl/N-ethyl adjacent to an activating group) is 1. The van der Waals surface area contributed by atoms with Crippen molar-refractivity contribution in [1.29, 1.82) is 0 Å². The van der Waals surface area contributed by atoms with Crippen LogP contribution < -0.4 is 5.32 Å². The number of aromatic hydroxyl groups is 1. The van der Waals surface area contributed by atoms with Crippen molar-refractivity contribution in [3.63, 3.8) is 0 Å². The summed E-state index contributed by atoms with van der Waals surface area (Å²) in [4.78, 5) is 23.1. The second kappa shape index (κ2) is 5.26. The molecule has 1 rings (SSSR count). The lowest BCUT2D eigenvalue weighted by atomic mass is 10.2. The van der Waals surface area contributed by atoms with Gasteiger partial charge in [0.25, 0.3) is 5.69 Å². The highest BCUT2D eigenvalue weighted by Crippen LogP contribution is 2.32. The standard InChI is InChI=1S/C10H13N3O4/c1-12(2)6-9(15)11-10-7(13(16)17)4-3-5-8(10)14/h3-5,14H,6H2,1-2H3,(H,11,15). The van der Waals surface area contributed by atoms with Crippen molar-refractivity contribution in [3.05, 3.63) is 28.3 Å². The summed E-state index contributed by atoms with van der Waals surface area (Å²) in [6.07, 6.45) is 0. The monoisotopic (exact) mass is 239 g/mol. The van der Waals surface area contributed by atoms with Gasteiger partial charge in [0.05, 0.1) is 11.5 Å². The number of benzene rings is 1. The summed E-state index contributed by atoms with van der Waals surface area (Å²) in [6.45, 7) is 0.0749. The summed E-state index contributed by atoms with van der Waals surface area (Å²) in [5.74, 6) is -0.758. The Kier molecular flexibility index (Phi) is 4.00. The normalized spacial score (nSPS) is 10.3. The number of anilines is 1. The average molecular weight is 239 g/mol. The van der Waals surface area contributed by atoms with Gasteiger partial charge in [-0.1, -0.05) is 6.07 Å². The molecule has 0 aliphatic carbocycles. The van der Waals surface area contributed by atoms with Crippen LogP contribution in [0.5, 0.6) is 5.75 Å². The fourth-order valence-corrected chi connectivity index (χ4v) is 1.27. The molecule has 0 unspecified atom stereocenters. The molecular formula is C10H13N3O4. The van der Waals surface area contributed by atoms with E-state index in [1.54, 1.807) is 19.0 Å². The van der Waals surface area contributed by atoms with Gasteiger partial charge in [-0.15, -0.1) is 0 Å². The number of hydrogen-bond acceptors (Lipinski definition) is 5. The van der Waals surface area contributed by atoms with Gasteiger partial charge in [-0.2, -0.15) is 0 Å². The summed E-state index contributed by atoms with van der Waals surface area (Å²) in [5, 5.41) is 22.5. The van der Waals surface area contributed by atoms with Crippen molar-refractivity contribution in [3.8, 4) is 5.75 Å². The number of carbonyl (C=O) groups is 1. The highest BCUT2D eigenvalue weighted by molar-refractivity contribution is 5.96. The topological polar surface area (TPSA) is 95.7 Å². The van der Waals surface area contributed by atoms with Crippen molar-refractivity contribution < 1.29 is 14.8 Å². The number of nitrogens with zero attached hydrogens (tertiary/aromatic N) is 2. The fourth-order valence-electron chi connectivity index (χ4n) is 1.27. The number of amides is 1. The molecule has 1 amide bonds. The van der Waals surface area contributed by atoms with Gasteiger partial charge < -0.3 is 15.3 Å². The van der Waals surface area contributed by atoms with E-state index in [9.17, 15) is 20.0 Å². The lowest BCUT2D eigenvalue weighted by molar-refractivity contribution is -0.384. The van der Waals surface area contributed by atoms with Crippen LogP contribution in [0.25, 0.3) is 0 Å². The van der Waals surface area contributed by atoms with Gasteiger partial charge in [0.1, 0.15) is 5.75 Å². The molecule has 0 atom stereocenters. The number of nitrogens with one attached hydrogen (secondary N) is 1. The Hall–Kier alpha value is -2.15. The molecule has 0 fully saturated rings. The first-order valence-corrected chi connectivity index (χ1v) is 4.82. The lowest BCUT2D eigenvalue weighted by Crippen LogP contribution is -2.27. The van der Waals surface area contributed by atoms with Crippen LogP contribution in [0.4, 0.5) is 11.4 Å². The molecule has 0 aromatic heterocycles. The minimum absolute atomic E-state index is 0.0749. The molecular weight excluding hydrogens is 226 g/mol. The third-order valence-electron chi connectivity index (χ3n) is 1.94. The zero-order chi connectivity index (χ0) is 13.0. The van der Waals surface area contributed by atoms with Gasteiger partial charge >= 0.3 is 0 Å². The van der Waals surface area contributed by atoms with Crippen molar-refractivity contribution in [2.45, 2.75) is 0 Å². The van der Waals surface area contributed by atoms with Crippen LogP contribution in [0.2, 0.25) is 0 Å². The Morgan fingerprint density at radius 2 is 2.18 bits per heavy atom. The molecule has 0 radical (unpaired) electrons. The SMILES string of the molecule is CN(C)CC(=O)Nc1c(O)cccc1[N+](=O)[O-]. The van der Waals surface area contributed by atoms with Gasteiger partial charge in [-0.25, -0.2) is 0 Å². The molecule has 0 heterocycles. The van der Waals surface area contributed by atoms with Crippen molar-refractivity contribution >= 4 is 17.3 Å². The number of para-hydroxylation sites is 1. The Labute approximate surface area is 97.8 Å². The number of hydrogen-bond donors (Lipinski definition) is 2. The van der Waals surface area contributed by atoms with Crippen LogP contribution in [0.1, 0.15) is 0 Å². The van der Waals surface area contributed by atoms with Crippen LogP contribution in [0.15, 0.2) is 18.2 Å². The van der Waals surface area contributed by atoms with E-state index in [1.165, 1.54) is 18.2 Å². The van der Waals surface area contributed by atoms with Gasteiger partial charge in [-0.3, -0.25) is 14.9 Å². The maximum atomic E-state index is 11.5. The maximum absolute atomic E-state index is 11.5. The first-order valence-electron chi connectivity index (χ1n) is 4.82. The molecule has 0 spiro atoms. The van der Waals surface area contributed by atoms with E-state index in [0.717, 1.165) is 0 Å². The van der Waals surface area contributed by atoms with Gasteiger partial charge in [-0.05, 0) is 20.2 Å². The molecule has 0 aliphatic rings. The van der Waals surface area contributed by atoms with Crippen LogP contribution in [-0.2, 0) is 4.79 Å². The molecule has 0 bridgehead atoms. The summed E-state index contributed by atoms with van der Waals surface area (Å²) in [6, 6.07) is 3.83. The van der Waals surface area contributed by atoms with Crippen LogP contribution >= 0.6 is 0 Å². The molecule has 1 aromatic rings. The third kappa shape index (κ3) is 3.42. The zero-order valence-corrected chi connectivity index (χ0v) is 9.51. The minimum Gasteiger partial charge on any atom is -0.505 e. The molecule has 0 saturated carbocycles. The third-order valence-corrected chi connectivity index (χ3v) is 1.94. The lowest BCUT2D eigenvalue weighted by Gasteiger charge is -2.11. The predicted molar refractivity (Wildman–Crippen MR) is 61.9 cm³/mol. The van der Waals surface area contributed by atoms with Crippen LogP contribution in [-0.4, -0.2) is 41.5 Å². The minimum atomic E-state index is -0.662. The quantitative estimate of drug-likeness (QED) is 0.460. The molecule has 0 aliphatic heterocycles. The summed E-state index contributed by atoms with van der Waals surface area (Å²) in [5.41, 5.74) is -0.513. The average Bonchev–Trinajstić information content (AvgIpc) is 2.19. The number of carbonyl (C=O) groups excluding carboxylic acids is 1. The number of nitro benzene ring substituents is 1. The highest BCUT2D eigenvalue weighted by Gasteiger charge is 2.19. The van der Waals surface area contributed by atoms with E-state index in [-0.39, 0.29) is 23.7 Å². The van der Waals surface area contributed by atoms with E-state index in [4.69, 9.17) is 0 Å². The van der Waals surface area contributed by atoms with Gasteiger partial charge in [0, 0.05) is 6.07 Å². The summed E-state index contributed by atoms with van der Waals surface area (Å²) < 4.78 is 0. The van der Waals surface area contributed by atoms with E-state index >= 15 is 0 Å². The smallest absolute Gasteiger partial charge is 0.296 e. The van der Waals surface area contributed by atoms with Crippen molar-refractivity contribution in [2.75, 3.05) is 26.0 Å². The molecule has 7 nitrogen and oxygen atoms in total. The number of phenols is 1. The second-order valence-electron chi connectivity index (χ2n) is 3.71. The fraction of sp³-hybridized carbons (Fsp3) is 0.300. The second-order valence-corrected chi connectivity index (χ2v) is 3.71. The highest BCUT2D eigenvalue weighted by atomic mass is 16.6. The summed E-state index contributed by atoms with van der Waals surface area (Å²) in [7, 11) is 3.39. The summed E-state index contributed by atoms with van der Waals surface area (Å²) >= 11 is 0. The Morgan fingerprint density at radius 1 is 1.53 bits per heavy atom. The molecule has 92 valence electrons. The number of nitro groups is 1. The molecule has 1 aromatic carbocycles. The van der Waals surface area contributed by atoms with Crippen molar-refractivity contribution in [2.24, 2.45) is 0 Å². The largest absolute Gasteiger partial charge is 0.505 e. The predicted octanol–water partition coefficient (Wildman–Crippen LogP) is 0.800. The first-order chi connectivity index (χ1) is 7.91. The van der Waals surface area contributed by atoms with E-state index in [0.29, 0.717) is 0 Å². The van der Waals surface area contributed by atoms with Gasteiger partial charge in [0.15, 0.2) is 5.69 Å². The van der Waals surface area contributed by atoms with Gasteiger partial charge in [0.2, 0.25) is 5.91 Å². The van der Waals surface area contributed by atoms with E-state index < -0.39 is 10.8 Å². The number of rotatable bonds is 4. The van der Waals surface area contributed by atoms with Crippen molar-refractivity contribution in [1.82, 2.24) is 4.90 Å². The van der Waals surface area contributed by atoms with E-state index in [1.807, 2.05) is 0 Å². The van der Waals surface area contributed by atoms with Crippen LogP contribution in [0, 0.1) is 10.1 Å². The zero-order valence-electron chi connectivity index (χ0n) is 9.51. The Morgan fingerprint density at radius 3 is 2.71 bits per heavy atom.